The summed E-state index contributed by atoms with van der Waals surface area (Å²) in [6.07, 6.45) is 4.46. The van der Waals surface area contributed by atoms with Gasteiger partial charge in [-0.3, -0.25) is 4.68 Å². The average Bonchev–Trinajstić information content (AvgIpc) is 3.31. The van der Waals surface area contributed by atoms with Gasteiger partial charge in [-0.2, -0.15) is 9.78 Å². The van der Waals surface area contributed by atoms with E-state index in [-0.39, 0.29) is 6.04 Å². The van der Waals surface area contributed by atoms with Crippen molar-refractivity contribution < 1.29 is 5.11 Å². The van der Waals surface area contributed by atoms with Crippen molar-refractivity contribution in [1.82, 2.24) is 30.0 Å². The maximum atomic E-state index is 10.4. The van der Waals surface area contributed by atoms with E-state index in [2.05, 4.69) is 25.9 Å². The van der Waals surface area contributed by atoms with Gasteiger partial charge in [-0.1, -0.05) is 34.9 Å². The van der Waals surface area contributed by atoms with Crippen LogP contribution in [0.5, 0.6) is 0 Å². The molecular weight excluding hydrogens is 342 g/mol. The van der Waals surface area contributed by atoms with Gasteiger partial charge < -0.3 is 10.4 Å². The van der Waals surface area contributed by atoms with Gasteiger partial charge in [0.25, 0.3) is 0 Å². The van der Waals surface area contributed by atoms with Crippen LogP contribution in [-0.2, 0) is 6.54 Å². The fourth-order valence-electron chi connectivity index (χ4n) is 3.31. The molecule has 9 heteroatoms. The summed E-state index contributed by atoms with van der Waals surface area (Å²) < 4.78 is 3.45. The number of nitrogens with one attached hydrogen (secondary N) is 1. The number of hydrogen-bond acceptors (Lipinski definition) is 6. The third kappa shape index (κ3) is 3.49. The Morgan fingerprint density at radius 3 is 2.84 bits per heavy atom. The van der Waals surface area contributed by atoms with Crippen molar-refractivity contribution in [2.75, 3.05) is 5.32 Å². The van der Waals surface area contributed by atoms with Gasteiger partial charge in [0.05, 0.1) is 29.1 Å². The maximum Gasteiger partial charge on any atom is 0.248 e. The van der Waals surface area contributed by atoms with Crippen LogP contribution in [0.15, 0.2) is 42.7 Å². The summed E-state index contributed by atoms with van der Waals surface area (Å²) in [4.78, 5) is 0. The summed E-state index contributed by atoms with van der Waals surface area (Å²) in [6.45, 7) is 0.728. The number of aromatic nitrogens is 6. The van der Waals surface area contributed by atoms with Gasteiger partial charge in [-0.15, -0.1) is 0 Å². The summed E-state index contributed by atoms with van der Waals surface area (Å²) >= 11 is 5.90. The molecule has 1 aliphatic carbocycles. The number of rotatable bonds is 5. The second-order valence-corrected chi connectivity index (χ2v) is 6.72. The van der Waals surface area contributed by atoms with Crippen LogP contribution in [0.25, 0.3) is 5.69 Å². The van der Waals surface area contributed by atoms with Crippen LogP contribution in [0.1, 0.15) is 12.8 Å². The molecule has 1 fully saturated rings. The number of aliphatic hydroxyl groups excluding tert-OH is 1. The Labute approximate surface area is 149 Å². The van der Waals surface area contributed by atoms with Crippen molar-refractivity contribution in [1.29, 1.82) is 0 Å². The molecule has 25 heavy (non-hydrogen) atoms. The van der Waals surface area contributed by atoms with E-state index in [1.807, 2.05) is 35.0 Å². The van der Waals surface area contributed by atoms with Gasteiger partial charge in [0.1, 0.15) is 0 Å². The Hall–Kier alpha value is -2.45. The number of halogens is 1. The van der Waals surface area contributed by atoms with Gasteiger partial charge in [-0.25, -0.2) is 0 Å². The second kappa shape index (κ2) is 6.81. The zero-order valence-electron chi connectivity index (χ0n) is 13.4. The van der Waals surface area contributed by atoms with Crippen molar-refractivity contribution >= 4 is 17.5 Å². The predicted octanol–water partition coefficient (Wildman–Crippen LogP) is 1.76. The summed E-state index contributed by atoms with van der Waals surface area (Å²) in [5.74, 6) is 0.836. The quantitative estimate of drug-likeness (QED) is 0.721. The smallest absolute Gasteiger partial charge is 0.248 e. The van der Waals surface area contributed by atoms with E-state index < -0.39 is 6.10 Å². The summed E-state index contributed by atoms with van der Waals surface area (Å²) in [7, 11) is 0. The van der Waals surface area contributed by atoms with Crippen LogP contribution in [0.4, 0.5) is 5.95 Å². The number of tetrazole rings is 1. The van der Waals surface area contributed by atoms with Crippen molar-refractivity contribution in [2.45, 2.75) is 31.5 Å². The molecule has 130 valence electrons. The minimum Gasteiger partial charge on any atom is -0.391 e. The number of anilines is 1. The molecule has 0 saturated heterocycles. The lowest BCUT2D eigenvalue weighted by molar-refractivity contribution is 0.165. The van der Waals surface area contributed by atoms with Crippen molar-refractivity contribution in [2.24, 2.45) is 5.92 Å². The molecule has 0 bridgehead atoms. The standard InChI is InChI=1S/C16H18ClN7O/c17-12-8-18-23(10-12)9-11-6-14(15(25)7-11)19-16-20-21-22-24(16)13-4-2-1-3-5-13/h1-5,8,10-11,14-15,25H,6-7,9H2,(H,19,20,22)/t11?,14-,15-/m1/s1. The molecule has 1 aliphatic rings. The Bertz CT molecular complexity index is 834. The minimum atomic E-state index is -0.461. The molecule has 4 rings (SSSR count). The third-order valence-corrected chi connectivity index (χ3v) is 4.65. The maximum absolute atomic E-state index is 10.4. The van der Waals surface area contributed by atoms with Gasteiger partial charge in [0, 0.05) is 12.7 Å². The van der Waals surface area contributed by atoms with Crippen LogP contribution in [-0.4, -0.2) is 47.2 Å². The summed E-state index contributed by atoms with van der Waals surface area (Å²) in [5, 5.41) is 30.3. The van der Waals surface area contributed by atoms with Crippen LogP contribution in [0.3, 0.4) is 0 Å². The van der Waals surface area contributed by atoms with E-state index in [0.29, 0.717) is 23.3 Å². The van der Waals surface area contributed by atoms with Crippen LogP contribution in [0.2, 0.25) is 5.02 Å². The predicted molar refractivity (Wildman–Crippen MR) is 92.5 cm³/mol. The molecule has 0 radical (unpaired) electrons. The van der Waals surface area contributed by atoms with E-state index in [1.165, 1.54) is 0 Å². The highest BCUT2D eigenvalue weighted by Crippen LogP contribution is 2.30. The molecule has 2 N–H and O–H groups in total. The fraction of sp³-hybridized carbons (Fsp3) is 0.375. The minimum absolute atomic E-state index is 0.107. The molecular formula is C16H18ClN7O. The molecule has 1 unspecified atom stereocenters. The Morgan fingerprint density at radius 2 is 2.08 bits per heavy atom. The number of para-hydroxylation sites is 1. The number of hydrogen-bond donors (Lipinski definition) is 2. The average molecular weight is 360 g/mol. The molecule has 3 atom stereocenters. The van der Waals surface area contributed by atoms with E-state index in [4.69, 9.17) is 11.6 Å². The van der Waals surface area contributed by atoms with Gasteiger partial charge in [0.15, 0.2) is 0 Å². The third-order valence-electron chi connectivity index (χ3n) is 4.46. The van der Waals surface area contributed by atoms with Crippen molar-refractivity contribution in [3.05, 3.63) is 47.7 Å². The fourth-order valence-corrected chi connectivity index (χ4v) is 3.47. The highest BCUT2D eigenvalue weighted by Gasteiger charge is 2.34. The molecule has 0 aliphatic heterocycles. The molecule has 2 heterocycles. The van der Waals surface area contributed by atoms with Crippen LogP contribution in [0, 0.1) is 5.92 Å². The molecule has 0 amide bonds. The van der Waals surface area contributed by atoms with Crippen molar-refractivity contribution in [3.63, 3.8) is 0 Å². The normalized spacial score (nSPS) is 23.0. The SMILES string of the molecule is O[C@@H]1CC(Cn2cc(Cl)cn2)C[C@H]1Nc1nnnn1-c1ccccc1. The zero-order valence-corrected chi connectivity index (χ0v) is 14.2. The monoisotopic (exact) mass is 359 g/mol. The molecule has 1 saturated carbocycles. The zero-order chi connectivity index (χ0) is 17.2. The van der Waals surface area contributed by atoms with Crippen LogP contribution < -0.4 is 5.32 Å². The molecule has 2 aromatic heterocycles. The largest absolute Gasteiger partial charge is 0.391 e. The Kier molecular flexibility index (Phi) is 4.37. The summed E-state index contributed by atoms with van der Waals surface area (Å²) in [5.41, 5.74) is 0.866. The first-order valence-electron chi connectivity index (χ1n) is 8.15. The Morgan fingerprint density at radius 1 is 1.24 bits per heavy atom. The van der Waals surface area contributed by atoms with Gasteiger partial charge in [-0.05, 0) is 41.3 Å². The number of benzene rings is 1. The number of aliphatic hydroxyl groups is 1. The molecule has 1 aromatic carbocycles. The second-order valence-electron chi connectivity index (χ2n) is 6.29. The van der Waals surface area contributed by atoms with E-state index in [0.717, 1.165) is 18.7 Å². The molecule has 8 nitrogen and oxygen atoms in total. The highest BCUT2D eigenvalue weighted by molar-refractivity contribution is 6.30. The van der Waals surface area contributed by atoms with E-state index in [9.17, 15) is 5.11 Å². The van der Waals surface area contributed by atoms with E-state index >= 15 is 0 Å². The molecule has 3 aromatic rings. The summed E-state index contributed by atoms with van der Waals surface area (Å²) in [6, 6.07) is 9.54. The molecule has 0 spiro atoms. The first-order valence-corrected chi connectivity index (χ1v) is 8.53. The number of nitrogens with zero attached hydrogens (tertiary/aromatic N) is 6. The lowest BCUT2D eigenvalue weighted by Crippen LogP contribution is -2.29. The van der Waals surface area contributed by atoms with Crippen LogP contribution >= 0.6 is 11.6 Å². The van der Waals surface area contributed by atoms with Gasteiger partial charge >= 0.3 is 0 Å². The van der Waals surface area contributed by atoms with Crippen molar-refractivity contribution in [3.8, 4) is 5.69 Å². The first-order chi connectivity index (χ1) is 12.2. The lowest BCUT2D eigenvalue weighted by atomic mass is 10.1. The van der Waals surface area contributed by atoms with E-state index in [1.54, 1.807) is 17.1 Å². The van der Waals surface area contributed by atoms with Gasteiger partial charge in [0.2, 0.25) is 5.95 Å². The lowest BCUT2D eigenvalue weighted by Gasteiger charge is -2.16. The topological polar surface area (TPSA) is 93.7 Å². The first kappa shape index (κ1) is 16.0. The Balaban J connectivity index is 1.44. The highest BCUT2D eigenvalue weighted by atomic mass is 35.5.